The van der Waals surface area contributed by atoms with Crippen molar-refractivity contribution in [3.63, 3.8) is 0 Å². The summed E-state index contributed by atoms with van der Waals surface area (Å²) in [6.45, 7) is 3.59. The number of likely N-dealkylation sites (tertiary alicyclic amines) is 1. The van der Waals surface area contributed by atoms with Crippen LogP contribution in [0.25, 0.3) is 0 Å². The van der Waals surface area contributed by atoms with Crippen LogP contribution in [0.2, 0.25) is 0 Å². The van der Waals surface area contributed by atoms with Crippen molar-refractivity contribution < 1.29 is 9.53 Å². The monoisotopic (exact) mass is 276 g/mol. The van der Waals surface area contributed by atoms with E-state index in [2.05, 4.69) is 4.98 Å². The Kier molecular flexibility index (Phi) is 4.10. The Balaban J connectivity index is 1.50. The fraction of sp³-hybridized carbons (Fsp3) is 0.688. The molecule has 1 saturated carbocycles. The number of aryl methyl sites for hydroxylation is 1. The van der Waals surface area contributed by atoms with Gasteiger partial charge in [0.25, 0.3) is 5.91 Å². The van der Waals surface area contributed by atoms with Gasteiger partial charge in [-0.15, -0.1) is 0 Å². The van der Waals surface area contributed by atoms with Gasteiger partial charge in [-0.25, -0.2) is 0 Å². The van der Waals surface area contributed by atoms with Crippen molar-refractivity contribution in [1.82, 2.24) is 9.88 Å². The predicted octanol–water partition coefficient (Wildman–Crippen LogP) is 2.89. The summed E-state index contributed by atoms with van der Waals surface area (Å²) in [5.41, 5.74) is 1.76. The van der Waals surface area contributed by atoms with Crippen molar-refractivity contribution in [2.75, 3.05) is 13.1 Å². The fourth-order valence-electron chi connectivity index (χ4n) is 3.35. The lowest BCUT2D eigenvalue weighted by molar-refractivity contribution is -0.0357. The second-order valence-electron chi connectivity index (χ2n) is 6.05. The van der Waals surface area contributed by atoms with Crippen LogP contribution < -0.4 is 0 Å². The molecule has 20 heavy (non-hydrogen) atoms. The molecule has 110 valence electrons. The Morgan fingerprint density at radius 3 is 2.45 bits per heavy atom. The number of rotatable bonds is 3. The molecule has 0 atom stereocenters. The fourth-order valence-corrected chi connectivity index (χ4v) is 3.35. The van der Waals surface area contributed by atoms with E-state index in [0.29, 0.717) is 12.2 Å². The predicted molar refractivity (Wildman–Crippen MR) is 77.8 cm³/mol. The maximum absolute atomic E-state index is 12.4. The van der Waals surface area contributed by atoms with Crippen LogP contribution in [0.15, 0.2) is 12.3 Å². The number of aromatic nitrogens is 1. The molecule has 1 aliphatic heterocycles. The van der Waals surface area contributed by atoms with E-state index in [0.717, 1.165) is 37.2 Å². The largest absolute Gasteiger partial charge is 0.375 e. The normalized spacial score (nSPS) is 21.6. The van der Waals surface area contributed by atoms with E-state index in [1.165, 1.54) is 25.7 Å². The highest BCUT2D eigenvalue weighted by Crippen LogP contribution is 2.26. The molecule has 0 spiro atoms. The van der Waals surface area contributed by atoms with Gasteiger partial charge in [-0.2, -0.15) is 0 Å². The Hall–Kier alpha value is -1.29. The van der Waals surface area contributed by atoms with Gasteiger partial charge in [0.2, 0.25) is 0 Å². The van der Waals surface area contributed by atoms with Crippen LogP contribution in [0.3, 0.4) is 0 Å². The van der Waals surface area contributed by atoms with Crippen molar-refractivity contribution in [1.29, 1.82) is 0 Å². The van der Waals surface area contributed by atoms with Crippen LogP contribution in [0.1, 0.15) is 54.6 Å². The second kappa shape index (κ2) is 6.00. The minimum absolute atomic E-state index is 0.156. The molecule has 1 aliphatic carbocycles. The highest BCUT2D eigenvalue weighted by atomic mass is 16.5. The van der Waals surface area contributed by atoms with Crippen LogP contribution in [0.4, 0.5) is 0 Å². The number of nitrogens with zero attached hydrogens (tertiary/aromatic N) is 1. The zero-order chi connectivity index (χ0) is 13.9. The summed E-state index contributed by atoms with van der Waals surface area (Å²) in [5.74, 6) is 0.156. The quantitative estimate of drug-likeness (QED) is 0.922. The summed E-state index contributed by atoms with van der Waals surface area (Å²) in [6, 6.07) is 1.87. The summed E-state index contributed by atoms with van der Waals surface area (Å²) in [5, 5.41) is 0. The number of carbonyl (C=O) groups excluding carboxylic acids is 1. The van der Waals surface area contributed by atoms with Gasteiger partial charge in [0, 0.05) is 25.0 Å². The molecular weight excluding hydrogens is 252 g/mol. The van der Waals surface area contributed by atoms with E-state index >= 15 is 0 Å². The van der Waals surface area contributed by atoms with Crippen molar-refractivity contribution >= 4 is 5.91 Å². The van der Waals surface area contributed by atoms with Gasteiger partial charge in [0.15, 0.2) is 0 Å². The van der Waals surface area contributed by atoms with Crippen LogP contribution in [-0.4, -0.2) is 41.1 Å². The standard InChI is InChI=1S/C16H24N2O2/c1-12-15(6-9-17-12)16(19)18-10-7-14(8-11-18)20-13-4-2-3-5-13/h6,9,13-14,17H,2-5,7-8,10-11H2,1H3. The van der Waals surface area contributed by atoms with Gasteiger partial charge < -0.3 is 14.6 Å². The van der Waals surface area contributed by atoms with E-state index in [1.54, 1.807) is 0 Å². The summed E-state index contributed by atoms with van der Waals surface area (Å²) in [4.78, 5) is 17.4. The van der Waals surface area contributed by atoms with Gasteiger partial charge in [-0.1, -0.05) is 12.8 Å². The number of ether oxygens (including phenoxy) is 1. The lowest BCUT2D eigenvalue weighted by Gasteiger charge is -2.33. The molecule has 2 fully saturated rings. The van der Waals surface area contributed by atoms with Crippen molar-refractivity contribution in [3.05, 3.63) is 23.5 Å². The molecule has 3 rings (SSSR count). The molecule has 1 amide bonds. The third kappa shape index (κ3) is 2.90. The Labute approximate surface area is 120 Å². The number of hydrogen-bond acceptors (Lipinski definition) is 2. The molecule has 4 nitrogen and oxygen atoms in total. The molecule has 4 heteroatoms. The molecule has 0 bridgehead atoms. The van der Waals surface area contributed by atoms with Crippen LogP contribution in [-0.2, 0) is 4.74 Å². The first-order valence-electron chi connectivity index (χ1n) is 7.83. The number of aromatic amines is 1. The van der Waals surface area contributed by atoms with Gasteiger partial charge in [-0.3, -0.25) is 4.79 Å². The Bertz CT molecular complexity index is 455. The lowest BCUT2D eigenvalue weighted by atomic mass is 10.1. The zero-order valence-corrected chi connectivity index (χ0v) is 12.2. The van der Waals surface area contributed by atoms with Crippen molar-refractivity contribution in [3.8, 4) is 0 Å². The first kappa shape index (κ1) is 13.7. The first-order valence-corrected chi connectivity index (χ1v) is 7.83. The average Bonchev–Trinajstić information content (AvgIpc) is 3.10. The average molecular weight is 276 g/mol. The molecule has 0 aromatic carbocycles. The molecule has 2 heterocycles. The lowest BCUT2D eigenvalue weighted by Crippen LogP contribution is -2.41. The highest BCUT2D eigenvalue weighted by molar-refractivity contribution is 5.95. The van der Waals surface area contributed by atoms with Crippen LogP contribution in [0.5, 0.6) is 0 Å². The topological polar surface area (TPSA) is 45.3 Å². The number of hydrogen-bond donors (Lipinski definition) is 1. The highest BCUT2D eigenvalue weighted by Gasteiger charge is 2.27. The number of nitrogens with one attached hydrogen (secondary N) is 1. The number of amides is 1. The smallest absolute Gasteiger partial charge is 0.255 e. The van der Waals surface area contributed by atoms with Gasteiger partial charge in [-0.05, 0) is 38.7 Å². The van der Waals surface area contributed by atoms with Gasteiger partial charge in [0.05, 0.1) is 17.8 Å². The molecule has 1 saturated heterocycles. The van der Waals surface area contributed by atoms with Gasteiger partial charge >= 0.3 is 0 Å². The molecule has 2 aliphatic rings. The summed E-state index contributed by atoms with van der Waals surface area (Å²) < 4.78 is 6.15. The SMILES string of the molecule is Cc1[nH]ccc1C(=O)N1CCC(OC2CCCC2)CC1. The maximum Gasteiger partial charge on any atom is 0.255 e. The molecule has 1 aromatic heterocycles. The van der Waals surface area contributed by atoms with E-state index in [1.807, 2.05) is 24.1 Å². The van der Waals surface area contributed by atoms with E-state index in [9.17, 15) is 4.79 Å². The minimum Gasteiger partial charge on any atom is -0.375 e. The van der Waals surface area contributed by atoms with Crippen molar-refractivity contribution in [2.45, 2.75) is 57.7 Å². The maximum atomic E-state index is 12.4. The Morgan fingerprint density at radius 2 is 1.85 bits per heavy atom. The van der Waals surface area contributed by atoms with Crippen molar-refractivity contribution in [2.24, 2.45) is 0 Å². The van der Waals surface area contributed by atoms with Gasteiger partial charge in [0.1, 0.15) is 0 Å². The number of piperidine rings is 1. The zero-order valence-electron chi connectivity index (χ0n) is 12.2. The summed E-state index contributed by atoms with van der Waals surface area (Å²) in [7, 11) is 0. The molecule has 1 aromatic rings. The van der Waals surface area contributed by atoms with E-state index in [4.69, 9.17) is 4.74 Å². The molecular formula is C16H24N2O2. The molecule has 0 unspecified atom stereocenters. The van der Waals surface area contributed by atoms with Crippen LogP contribution >= 0.6 is 0 Å². The summed E-state index contributed by atoms with van der Waals surface area (Å²) in [6.07, 6.45) is 9.70. The van der Waals surface area contributed by atoms with E-state index in [-0.39, 0.29) is 5.91 Å². The Morgan fingerprint density at radius 1 is 1.20 bits per heavy atom. The van der Waals surface area contributed by atoms with E-state index < -0.39 is 0 Å². The first-order chi connectivity index (χ1) is 9.74. The number of carbonyl (C=O) groups is 1. The minimum atomic E-state index is 0.156. The summed E-state index contributed by atoms with van der Waals surface area (Å²) >= 11 is 0. The second-order valence-corrected chi connectivity index (χ2v) is 6.05. The molecule has 0 radical (unpaired) electrons. The molecule has 1 N–H and O–H groups in total. The third-order valence-corrected chi connectivity index (χ3v) is 4.60. The van der Waals surface area contributed by atoms with Crippen LogP contribution in [0, 0.1) is 6.92 Å². The number of H-pyrrole nitrogens is 1. The third-order valence-electron chi connectivity index (χ3n) is 4.60.